The zero-order valence-corrected chi connectivity index (χ0v) is 21.3. The van der Waals surface area contributed by atoms with Gasteiger partial charge >= 0.3 is 0 Å². The average molecular weight is 539 g/mol. The molecule has 1 saturated heterocycles. The Morgan fingerprint density at radius 1 is 1.24 bits per heavy atom. The molecule has 0 spiro atoms. The maximum atomic E-state index is 14.6. The Balaban J connectivity index is 0.000000245. The van der Waals surface area contributed by atoms with Crippen molar-refractivity contribution in [3.8, 4) is 11.3 Å². The van der Waals surface area contributed by atoms with Crippen molar-refractivity contribution in [2.45, 2.75) is 45.1 Å². The molecule has 0 aromatic carbocycles. The lowest BCUT2D eigenvalue weighted by Gasteiger charge is -2.34. The molecule has 37 heavy (non-hydrogen) atoms. The van der Waals surface area contributed by atoms with Crippen LogP contribution in [0.1, 0.15) is 25.6 Å². The number of pyridine rings is 1. The Bertz CT molecular complexity index is 1470. The van der Waals surface area contributed by atoms with E-state index in [0.29, 0.717) is 24.3 Å². The van der Waals surface area contributed by atoms with Gasteiger partial charge in [0.05, 0.1) is 30.5 Å². The normalized spacial score (nSPS) is 17.9. The van der Waals surface area contributed by atoms with Crippen LogP contribution in [0, 0.1) is 12.7 Å². The van der Waals surface area contributed by atoms with Gasteiger partial charge in [0, 0.05) is 13.5 Å². The predicted molar refractivity (Wildman–Crippen MR) is 134 cm³/mol. The number of halogens is 4. The van der Waals surface area contributed by atoms with Crippen molar-refractivity contribution in [1.29, 1.82) is 0 Å². The van der Waals surface area contributed by atoms with Crippen LogP contribution in [-0.4, -0.2) is 64.9 Å². The standard InChI is InChI=1S/C15H13F3N8.C7H13FNOP/c1-6-21-9-3-2-8(22-14(9)25(6)5-10(17)18)11-7(16)4-26-12(11)13(19)23-15(20)24-26;1-6(10)9-4-2-3-7(8,11)5-9/h2-4,10H,5H2,1H3,(H4,19,20,23,24);2-5,11H2,1H3. The molecule has 10 nitrogen and oxygen atoms in total. The molecule has 0 bridgehead atoms. The summed E-state index contributed by atoms with van der Waals surface area (Å²) in [6.07, 6.45) is -0.163. The minimum Gasteiger partial charge on any atom is -0.382 e. The summed E-state index contributed by atoms with van der Waals surface area (Å²) in [4.78, 5) is 24.8. The van der Waals surface area contributed by atoms with E-state index in [2.05, 4.69) is 29.3 Å². The number of alkyl halides is 3. The van der Waals surface area contributed by atoms with Crippen molar-refractivity contribution in [3.63, 3.8) is 0 Å². The van der Waals surface area contributed by atoms with Crippen LogP contribution in [-0.2, 0) is 11.3 Å². The maximum Gasteiger partial charge on any atom is 0.256 e. The molecule has 1 fully saturated rings. The molecule has 0 saturated carbocycles. The lowest BCUT2D eigenvalue weighted by atomic mass is 10.1. The van der Waals surface area contributed by atoms with Crippen molar-refractivity contribution < 1.29 is 22.4 Å². The van der Waals surface area contributed by atoms with Gasteiger partial charge in [-0.25, -0.2) is 32.0 Å². The number of nitrogen functional groups attached to an aromatic ring is 2. The first-order chi connectivity index (χ1) is 17.4. The minimum absolute atomic E-state index is 0.0180. The second-order valence-electron chi connectivity index (χ2n) is 8.78. The number of nitrogens with two attached hydrogens (primary N) is 2. The topological polar surface area (TPSA) is 133 Å². The number of anilines is 2. The van der Waals surface area contributed by atoms with Gasteiger partial charge in [0.1, 0.15) is 22.3 Å². The van der Waals surface area contributed by atoms with Crippen LogP contribution in [0.5, 0.6) is 0 Å². The highest BCUT2D eigenvalue weighted by atomic mass is 31.0. The molecule has 5 rings (SSSR count). The number of imidazole rings is 1. The highest BCUT2D eigenvalue weighted by Crippen LogP contribution is 2.32. The number of carbonyl (C=O) groups is 1. The molecule has 15 heteroatoms. The summed E-state index contributed by atoms with van der Waals surface area (Å²) in [6.45, 7) is 3.46. The molecule has 4 aromatic heterocycles. The van der Waals surface area contributed by atoms with Gasteiger partial charge in [-0.15, -0.1) is 5.10 Å². The molecule has 0 aliphatic carbocycles. The minimum atomic E-state index is -2.57. The monoisotopic (exact) mass is 539 g/mol. The second-order valence-corrected chi connectivity index (χ2v) is 9.81. The second kappa shape index (κ2) is 10.1. The molecule has 5 heterocycles. The smallest absolute Gasteiger partial charge is 0.256 e. The van der Waals surface area contributed by atoms with Gasteiger partial charge < -0.3 is 20.9 Å². The van der Waals surface area contributed by atoms with E-state index in [1.54, 1.807) is 17.9 Å². The number of hydrogen-bond acceptors (Lipinski definition) is 7. The first kappa shape index (κ1) is 26.5. The molecular weight excluding hydrogens is 513 g/mol. The summed E-state index contributed by atoms with van der Waals surface area (Å²) < 4.78 is 56.0. The van der Waals surface area contributed by atoms with Crippen molar-refractivity contribution in [3.05, 3.63) is 30.0 Å². The first-order valence-corrected chi connectivity index (χ1v) is 11.9. The lowest BCUT2D eigenvalue weighted by Crippen LogP contribution is -2.43. The molecule has 1 aliphatic heterocycles. The van der Waals surface area contributed by atoms with Crippen LogP contribution in [0.4, 0.5) is 29.3 Å². The zero-order chi connectivity index (χ0) is 27.1. The lowest BCUT2D eigenvalue weighted by molar-refractivity contribution is -0.131. The highest BCUT2D eigenvalue weighted by molar-refractivity contribution is 7.18. The van der Waals surface area contributed by atoms with Crippen molar-refractivity contribution in [1.82, 2.24) is 34.0 Å². The van der Waals surface area contributed by atoms with Crippen LogP contribution in [0.2, 0.25) is 0 Å². The number of aryl methyl sites for hydroxylation is 1. The Labute approximate surface area is 211 Å². The third-order valence-electron chi connectivity index (χ3n) is 5.91. The summed E-state index contributed by atoms with van der Waals surface area (Å²) in [6, 6.07) is 3.12. The summed E-state index contributed by atoms with van der Waals surface area (Å²) in [7, 11) is 2.17. The van der Waals surface area contributed by atoms with Gasteiger partial charge in [-0.1, -0.05) is 9.24 Å². The van der Waals surface area contributed by atoms with E-state index in [4.69, 9.17) is 11.5 Å². The van der Waals surface area contributed by atoms with Crippen molar-refractivity contribution in [2.24, 2.45) is 0 Å². The number of nitrogens with zero attached hydrogens (tertiary/aromatic N) is 7. The molecule has 198 valence electrons. The third-order valence-corrected chi connectivity index (χ3v) is 6.38. The Morgan fingerprint density at radius 3 is 2.59 bits per heavy atom. The summed E-state index contributed by atoms with van der Waals surface area (Å²) in [5.41, 5.74) is 12.5. The van der Waals surface area contributed by atoms with Crippen molar-refractivity contribution in [2.75, 3.05) is 24.6 Å². The van der Waals surface area contributed by atoms with Crippen LogP contribution in [0.15, 0.2) is 18.3 Å². The molecule has 4 aromatic rings. The van der Waals surface area contributed by atoms with Crippen LogP contribution in [0.25, 0.3) is 27.9 Å². The predicted octanol–water partition coefficient (Wildman–Crippen LogP) is 3.19. The number of rotatable bonds is 3. The SMILES string of the molecule is CC(=O)N1CCCC(F)(P)C1.Cc1nc2ccc(-c3c(F)cn4nc(N)nc(N)c34)nc2n1CC(F)F. The number of piperidine rings is 1. The van der Waals surface area contributed by atoms with Gasteiger partial charge in [-0.2, -0.15) is 4.98 Å². The van der Waals surface area contributed by atoms with E-state index in [1.807, 2.05) is 0 Å². The van der Waals surface area contributed by atoms with E-state index in [1.165, 1.54) is 22.1 Å². The van der Waals surface area contributed by atoms with Gasteiger partial charge in [0.2, 0.25) is 11.9 Å². The molecule has 0 radical (unpaired) electrons. The summed E-state index contributed by atoms with van der Waals surface area (Å²) >= 11 is 0. The molecule has 2 unspecified atom stereocenters. The fourth-order valence-electron chi connectivity index (χ4n) is 4.26. The molecule has 1 amide bonds. The molecule has 4 N–H and O–H groups in total. The molecule has 2 atom stereocenters. The molecule has 1 aliphatic rings. The average Bonchev–Trinajstić information content (AvgIpc) is 3.28. The van der Waals surface area contributed by atoms with E-state index in [0.717, 1.165) is 12.6 Å². The van der Waals surface area contributed by atoms with Crippen molar-refractivity contribution >= 4 is 43.6 Å². The summed E-state index contributed by atoms with van der Waals surface area (Å²) in [5, 5.41) is 2.64. The quantitative estimate of drug-likeness (QED) is 0.302. The number of carbonyl (C=O) groups excluding carboxylic acids is 1. The third kappa shape index (κ3) is 5.58. The Hall–Kier alpha value is -3.54. The number of amides is 1. The van der Waals surface area contributed by atoms with Crippen LogP contribution in [0.3, 0.4) is 0 Å². The maximum absolute atomic E-state index is 14.6. The Morgan fingerprint density at radius 2 is 1.97 bits per heavy atom. The van der Waals surface area contributed by atoms with E-state index < -0.39 is 24.2 Å². The highest BCUT2D eigenvalue weighted by Gasteiger charge is 2.31. The molecular formula is C22H26F4N9OP. The zero-order valence-electron chi connectivity index (χ0n) is 20.1. The largest absolute Gasteiger partial charge is 0.382 e. The van der Waals surface area contributed by atoms with Crippen LogP contribution < -0.4 is 11.5 Å². The van der Waals surface area contributed by atoms with E-state index in [-0.39, 0.29) is 46.6 Å². The number of hydrogen-bond donors (Lipinski definition) is 2. The summed E-state index contributed by atoms with van der Waals surface area (Å²) in [5.74, 6) is -0.404. The van der Waals surface area contributed by atoms with Gasteiger partial charge in [-0.3, -0.25) is 4.79 Å². The van der Waals surface area contributed by atoms with Gasteiger partial charge in [0.15, 0.2) is 17.3 Å². The van der Waals surface area contributed by atoms with Gasteiger partial charge in [-0.05, 0) is 31.9 Å². The van der Waals surface area contributed by atoms with E-state index in [9.17, 15) is 22.4 Å². The fourth-order valence-corrected chi connectivity index (χ4v) is 4.68. The number of fused-ring (bicyclic) bond motifs is 2. The van der Waals surface area contributed by atoms with E-state index >= 15 is 0 Å². The number of likely N-dealkylation sites (tertiary alicyclic amines) is 1. The number of aromatic nitrogens is 6. The van der Waals surface area contributed by atoms with Crippen LogP contribution >= 0.6 is 9.24 Å². The Kier molecular flexibility index (Phi) is 7.22. The first-order valence-electron chi connectivity index (χ1n) is 11.3. The fraction of sp³-hybridized carbons (Fsp3) is 0.409. The van der Waals surface area contributed by atoms with Gasteiger partial charge in [0.25, 0.3) is 6.43 Å².